The summed E-state index contributed by atoms with van der Waals surface area (Å²) in [5, 5.41) is 9.03. The fraction of sp³-hybridized carbons (Fsp3) is 0.381. The Bertz CT molecular complexity index is 1020. The number of para-hydroxylation sites is 1. The summed E-state index contributed by atoms with van der Waals surface area (Å²) < 4.78 is 32.0. The Labute approximate surface area is 186 Å². The van der Waals surface area contributed by atoms with Crippen molar-refractivity contribution in [2.24, 2.45) is 0 Å². The number of carbonyl (C=O) groups excluding carboxylic acids is 1. The molecule has 1 aromatic carbocycles. The number of benzene rings is 1. The van der Waals surface area contributed by atoms with Crippen LogP contribution in [0.5, 0.6) is 0 Å². The standard InChI is InChI=1S/C21H24N4O4S2/c1-17(21(26)25(11-5-10-22)18-6-3-2-4-7-18)30-20-9-8-19(16-23-20)31(27,28)24-12-14-29-15-13-24/h2-4,6-9,16-17H,5,11-15H2,1H3/t17-/m0/s1. The van der Waals surface area contributed by atoms with E-state index in [1.807, 2.05) is 30.3 Å². The summed E-state index contributed by atoms with van der Waals surface area (Å²) >= 11 is 1.25. The predicted octanol–water partition coefficient (Wildman–Crippen LogP) is 2.53. The molecule has 8 nitrogen and oxygen atoms in total. The molecule has 1 aromatic heterocycles. The number of morpholine rings is 1. The van der Waals surface area contributed by atoms with Gasteiger partial charge in [0, 0.05) is 31.5 Å². The number of hydrogen-bond donors (Lipinski definition) is 0. The van der Waals surface area contributed by atoms with E-state index in [-0.39, 0.29) is 17.2 Å². The topological polar surface area (TPSA) is 104 Å². The lowest BCUT2D eigenvalue weighted by molar-refractivity contribution is -0.117. The minimum Gasteiger partial charge on any atom is -0.379 e. The van der Waals surface area contributed by atoms with E-state index in [0.29, 0.717) is 37.9 Å². The van der Waals surface area contributed by atoms with E-state index in [0.717, 1.165) is 5.69 Å². The van der Waals surface area contributed by atoms with E-state index in [1.54, 1.807) is 17.9 Å². The summed E-state index contributed by atoms with van der Waals surface area (Å²) in [6, 6.07) is 14.4. The molecule has 1 fully saturated rings. The molecule has 0 aliphatic carbocycles. The van der Waals surface area contributed by atoms with Gasteiger partial charge in [0.25, 0.3) is 0 Å². The summed E-state index contributed by atoms with van der Waals surface area (Å²) in [7, 11) is -3.61. The fourth-order valence-corrected chi connectivity index (χ4v) is 5.32. The van der Waals surface area contributed by atoms with Crippen molar-refractivity contribution in [3.8, 4) is 6.07 Å². The van der Waals surface area contributed by atoms with Crippen molar-refractivity contribution in [3.63, 3.8) is 0 Å². The molecule has 0 N–H and O–H groups in total. The molecule has 31 heavy (non-hydrogen) atoms. The van der Waals surface area contributed by atoms with Gasteiger partial charge in [-0.25, -0.2) is 13.4 Å². The summed E-state index contributed by atoms with van der Waals surface area (Å²) in [5.74, 6) is -0.140. The molecule has 164 valence electrons. The average Bonchev–Trinajstić information content (AvgIpc) is 2.81. The predicted molar refractivity (Wildman–Crippen MR) is 118 cm³/mol. The van der Waals surface area contributed by atoms with Gasteiger partial charge in [-0.15, -0.1) is 0 Å². The fourth-order valence-electron chi connectivity index (χ4n) is 3.11. The van der Waals surface area contributed by atoms with Crippen molar-refractivity contribution in [2.75, 3.05) is 37.7 Å². The van der Waals surface area contributed by atoms with Crippen LogP contribution < -0.4 is 4.90 Å². The Hall–Kier alpha value is -2.45. The van der Waals surface area contributed by atoms with Gasteiger partial charge in [-0.2, -0.15) is 9.57 Å². The molecule has 0 saturated carbocycles. The molecule has 10 heteroatoms. The molecule has 1 aliphatic rings. The molecule has 0 spiro atoms. The first-order valence-corrected chi connectivity index (χ1v) is 12.2. The number of sulfonamides is 1. The quantitative estimate of drug-likeness (QED) is 0.558. The molecule has 1 aliphatic heterocycles. The van der Waals surface area contributed by atoms with Crippen LogP contribution in [0.1, 0.15) is 13.3 Å². The minimum atomic E-state index is -3.61. The first-order valence-electron chi connectivity index (χ1n) is 9.87. The highest BCUT2D eigenvalue weighted by atomic mass is 32.2. The number of carbonyl (C=O) groups is 1. The third-order valence-electron chi connectivity index (χ3n) is 4.74. The van der Waals surface area contributed by atoms with Gasteiger partial charge in [0.05, 0.1) is 36.0 Å². The third-order valence-corrected chi connectivity index (χ3v) is 7.66. The number of thioether (sulfide) groups is 1. The summed E-state index contributed by atoms with van der Waals surface area (Å²) in [6.07, 6.45) is 1.55. The number of nitrogens with zero attached hydrogens (tertiary/aromatic N) is 4. The van der Waals surface area contributed by atoms with Crippen LogP contribution in [-0.4, -0.2) is 61.7 Å². The maximum atomic E-state index is 13.0. The lowest BCUT2D eigenvalue weighted by Crippen LogP contribution is -2.40. The zero-order valence-electron chi connectivity index (χ0n) is 17.2. The van der Waals surface area contributed by atoms with E-state index in [2.05, 4.69) is 11.1 Å². The number of nitriles is 1. The van der Waals surface area contributed by atoms with Crippen LogP contribution in [0.25, 0.3) is 0 Å². The van der Waals surface area contributed by atoms with E-state index in [9.17, 15) is 13.2 Å². The van der Waals surface area contributed by atoms with Gasteiger partial charge < -0.3 is 9.64 Å². The average molecular weight is 461 g/mol. The zero-order chi connectivity index (χ0) is 22.3. The van der Waals surface area contributed by atoms with Crippen LogP contribution in [0, 0.1) is 11.3 Å². The van der Waals surface area contributed by atoms with Crippen LogP contribution in [-0.2, 0) is 19.6 Å². The highest BCUT2D eigenvalue weighted by Gasteiger charge is 2.27. The molecule has 0 unspecified atom stereocenters. The van der Waals surface area contributed by atoms with E-state index < -0.39 is 15.3 Å². The highest BCUT2D eigenvalue weighted by molar-refractivity contribution is 8.00. The van der Waals surface area contributed by atoms with Crippen LogP contribution in [0.4, 0.5) is 5.69 Å². The normalized spacial score (nSPS) is 15.7. The van der Waals surface area contributed by atoms with Crippen LogP contribution in [0.15, 0.2) is 58.6 Å². The second kappa shape index (κ2) is 10.7. The number of hydrogen-bond acceptors (Lipinski definition) is 7. The summed E-state index contributed by atoms with van der Waals surface area (Å²) in [6.45, 7) is 3.47. The number of ether oxygens (including phenoxy) is 1. The molecule has 1 saturated heterocycles. The Morgan fingerprint density at radius 1 is 1.26 bits per heavy atom. The van der Waals surface area contributed by atoms with E-state index in [1.165, 1.54) is 28.3 Å². The molecule has 1 amide bonds. The Morgan fingerprint density at radius 2 is 1.97 bits per heavy atom. The number of pyridine rings is 1. The highest BCUT2D eigenvalue weighted by Crippen LogP contribution is 2.26. The molecule has 2 heterocycles. The molecule has 3 rings (SSSR count). The van der Waals surface area contributed by atoms with Gasteiger partial charge in [-0.3, -0.25) is 4.79 Å². The SMILES string of the molecule is C[C@H](Sc1ccc(S(=O)(=O)N2CCOCC2)cn1)C(=O)N(CCC#N)c1ccccc1. The van der Waals surface area contributed by atoms with Crippen LogP contribution in [0.2, 0.25) is 0 Å². The minimum absolute atomic E-state index is 0.123. The van der Waals surface area contributed by atoms with Gasteiger partial charge in [-0.05, 0) is 31.2 Å². The molecule has 2 aromatic rings. The van der Waals surface area contributed by atoms with E-state index in [4.69, 9.17) is 10.00 Å². The smallest absolute Gasteiger partial charge is 0.244 e. The van der Waals surface area contributed by atoms with Gasteiger partial charge in [0.2, 0.25) is 15.9 Å². The second-order valence-electron chi connectivity index (χ2n) is 6.84. The van der Waals surface area contributed by atoms with Crippen LogP contribution in [0.3, 0.4) is 0 Å². The van der Waals surface area contributed by atoms with Crippen LogP contribution >= 0.6 is 11.8 Å². The van der Waals surface area contributed by atoms with Crippen molar-refractivity contribution in [3.05, 3.63) is 48.7 Å². The van der Waals surface area contributed by atoms with Gasteiger partial charge in [0.15, 0.2) is 0 Å². The first-order chi connectivity index (χ1) is 14.9. The maximum absolute atomic E-state index is 13.0. The summed E-state index contributed by atoms with van der Waals surface area (Å²) in [4.78, 5) is 19.0. The van der Waals surface area contributed by atoms with Gasteiger partial charge >= 0.3 is 0 Å². The zero-order valence-corrected chi connectivity index (χ0v) is 18.8. The third kappa shape index (κ3) is 5.83. The van der Waals surface area contributed by atoms with Crippen molar-refractivity contribution >= 4 is 33.4 Å². The molecule has 0 bridgehead atoms. The second-order valence-corrected chi connectivity index (χ2v) is 10.1. The number of amides is 1. The Kier molecular flexibility index (Phi) is 8.03. The van der Waals surface area contributed by atoms with Gasteiger partial charge in [0.1, 0.15) is 4.90 Å². The monoisotopic (exact) mass is 460 g/mol. The van der Waals surface area contributed by atoms with Crippen molar-refractivity contribution in [2.45, 2.75) is 28.5 Å². The van der Waals surface area contributed by atoms with Gasteiger partial charge in [-0.1, -0.05) is 30.0 Å². The van der Waals surface area contributed by atoms with E-state index >= 15 is 0 Å². The van der Waals surface area contributed by atoms with Crippen molar-refractivity contribution < 1.29 is 17.9 Å². The lowest BCUT2D eigenvalue weighted by atomic mass is 10.2. The molecular formula is C21H24N4O4S2. The largest absolute Gasteiger partial charge is 0.379 e. The summed E-state index contributed by atoms with van der Waals surface area (Å²) in [5.41, 5.74) is 0.732. The molecule has 0 radical (unpaired) electrons. The Balaban J connectivity index is 1.69. The Morgan fingerprint density at radius 3 is 2.58 bits per heavy atom. The molecular weight excluding hydrogens is 436 g/mol. The number of anilines is 1. The first kappa shape index (κ1) is 23.2. The number of rotatable bonds is 8. The van der Waals surface area contributed by atoms with Crippen molar-refractivity contribution in [1.29, 1.82) is 5.26 Å². The molecule has 1 atom stereocenters. The van der Waals surface area contributed by atoms with Crippen molar-refractivity contribution in [1.82, 2.24) is 9.29 Å². The number of aromatic nitrogens is 1. The lowest BCUT2D eigenvalue weighted by Gasteiger charge is -2.26. The maximum Gasteiger partial charge on any atom is 0.244 e.